The van der Waals surface area contributed by atoms with E-state index in [1.54, 1.807) is 0 Å². The monoisotopic (exact) mass is 212 g/mol. The molecule has 0 spiro atoms. The van der Waals surface area contributed by atoms with Crippen LogP contribution in [0.3, 0.4) is 0 Å². The highest BCUT2D eigenvalue weighted by molar-refractivity contribution is 4.75. The van der Waals surface area contributed by atoms with Crippen molar-refractivity contribution < 1.29 is 4.74 Å². The summed E-state index contributed by atoms with van der Waals surface area (Å²) in [5.41, 5.74) is 0. The van der Waals surface area contributed by atoms with Gasteiger partial charge in [0.2, 0.25) is 0 Å². The molecule has 88 valence electrons. The van der Waals surface area contributed by atoms with Crippen molar-refractivity contribution in [3.05, 3.63) is 0 Å². The lowest BCUT2D eigenvalue weighted by Crippen LogP contribution is -2.42. The fourth-order valence-electron chi connectivity index (χ4n) is 2.75. The van der Waals surface area contributed by atoms with Crippen molar-refractivity contribution in [1.29, 1.82) is 0 Å². The second kappa shape index (κ2) is 5.83. The summed E-state index contributed by atoms with van der Waals surface area (Å²) in [7, 11) is 2.24. The van der Waals surface area contributed by atoms with Crippen molar-refractivity contribution in [3.63, 3.8) is 0 Å². The highest BCUT2D eigenvalue weighted by Crippen LogP contribution is 2.20. The highest BCUT2D eigenvalue weighted by atomic mass is 16.5. The van der Waals surface area contributed by atoms with Gasteiger partial charge in [0.05, 0.1) is 13.2 Å². The smallest absolute Gasteiger partial charge is 0.0620 e. The molecule has 3 nitrogen and oxygen atoms in total. The van der Waals surface area contributed by atoms with Crippen LogP contribution in [0.5, 0.6) is 0 Å². The third kappa shape index (κ3) is 3.74. The minimum absolute atomic E-state index is 0.617. The third-order valence-corrected chi connectivity index (χ3v) is 3.64. The maximum atomic E-state index is 5.47. The zero-order valence-electron chi connectivity index (χ0n) is 9.87. The first-order valence-electron chi connectivity index (χ1n) is 6.34. The van der Waals surface area contributed by atoms with Crippen molar-refractivity contribution in [1.82, 2.24) is 10.2 Å². The molecule has 2 aliphatic rings. The molecule has 15 heavy (non-hydrogen) atoms. The SMILES string of the molecule is CN1CCCC(CCC2COCCN2)C1. The summed E-state index contributed by atoms with van der Waals surface area (Å²) in [4.78, 5) is 2.47. The summed E-state index contributed by atoms with van der Waals surface area (Å²) < 4.78 is 5.47. The number of morpholine rings is 1. The molecule has 0 aromatic carbocycles. The summed E-state index contributed by atoms with van der Waals surface area (Å²) in [5.74, 6) is 0.924. The van der Waals surface area contributed by atoms with E-state index in [1.807, 2.05) is 0 Å². The number of likely N-dealkylation sites (tertiary alicyclic amines) is 1. The van der Waals surface area contributed by atoms with Gasteiger partial charge < -0.3 is 15.0 Å². The van der Waals surface area contributed by atoms with Gasteiger partial charge in [0.15, 0.2) is 0 Å². The predicted octanol–water partition coefficient (Wildman–Crippen LogP) is 1.10. The van der Waals surface area contributed by atoms with Crippen LogP contribution in [0.2, 0.25) is 0 Å². The lowest BCUT2D eigenvalue weighted by atomic mass is 9.92. The molecule has 0 amide bonds. The molecular weight excluding hydrogens is 188 g/mol. The average molecular weight is 212 g/mol. The topological polar surface area (TPSA) is 24.5 Å². The Morgan fingerprint density at radius 3 is 3.07 bits per heavy atom. The number of hydrogen-bond donors (Lipinski definition) is 1. The number of ether oxygens (including phenoxy) is 1. The Bertz CT molecular complexity index is 180. The number of nitrogens with zero attached hydrogens (tertiary/aromatic N) is 1. The molecule has 2 unspecified atom stereocenters. The van der Waals surface area contributed by atoms with Crippen LogP contribution < -0.4 is 5.32 Å². The maximum Gasteiger partial charge on any atom is 0.0620 e. The molecule has 1 N–H and O–H groups in total. The van der Waals surface area contributed by atoms with Crippen molar-refractivity contribution in [2.45, 2.75) is 31.7 Å². The molecule has 2 heterocycles. The Balaban J connectivity index is 1.63. The summed E-state index contributed by atoms with van der Waals surface area (Å²) in [6.45, 7) is 5.44. The van der Waals surface area contributed by atoms with Gasteiger partial charge in [-0.1, -0.05) is 0 Å². The van der Waals surface area contributed by atoms with Crippen LogP contribution in [-0.2, 0) is 4.74 Å². The van der Waals surface area contributed by atoms with Crippen LogP contribution in [0.25, 0.3) is 0 Å². The fraction of sp³-hybridized carbons (Fsp3) is 1.00. The highest BCUT2D eigenvalue weighted by Gasteiger charge is 2.19. The van der Waals surface area contributed by atoms with Gasteiger partial charge in [-0.05, 0) is 45.2 Å². The van der Waals surface area contributed by atoms with Gasteiger partial charge in [0.1, 0.15) is 0 Å². The van der Waals surface area contributed by atoms with Crippen LogP contribution >= 0.6 is 0 Å². The minimum Gasteiger partial charge on any atom is -0.379 e. The van der Waals surface area contributed by atoms with Crippen LogP contribution in [0.4, 0.5) is 0 Å². The van der Waals surface area contributed by atoms with Crippen molar-refractivity contribution >= 4 is 0 Å². The van der Waals surface area contributed by atoms with Gasteiger partial charge in [0.25, 0.3) is 0 Å². The Hall–Kier alpha value is -0.120. The van der Waals surface area contributed by atoms with Crippen molar-refractivity contribution in [2.75, 3.05) is 39.9 Å². The third-order valence-electron chi connectivity index (χ3n) is 3.64. The van der Waals surface area contributed by atoms with Crippen LogP contribution in [0.15, 0.2) is 0 Å². The molecule has 0 radical (unpaired) electrons. The zero-order valence-corrected chi connectivity index (χ0v) is 9.87. The van der Waals surface area contributed by atoms with Gasteiger partial charge in [0, 0.05) is 19.1 Å². The van der Waals surface area contributed by atoms with E-state index >= 15 is 0 Å². The molecule has 0 saturated carbocycles. The lowest BCUT2D eigenvalue weighted by Gasteiger charge is -2.31. The van der Waals surface area contributed by atoms with E-state index in [1.165, 1.54) is 38.8 Å². The molecule has 2 atom stereocenters. The quantitative estimate of drug-likeness (QED) is 0.758. The summed E-state index contributed by atoms with van der Waals surface area (Å²) in [6.07, 6.45) is 5.47. The van der Waals surface area contributed by atoms with Crippen molar-refractivity contribution in [3.8, 4) is 0 Å². The van der Waals surface area contributed by atoms with Crippen molar-refractivity contribution in [2.24, 2.45) is 5.92 Å². The van der Waals surface area contributed by atoms with E-state index in [9.17, 15) is 0 Å². The molecule has 0 aromatic heterocycles. The second-order valence-corrected chi connectivity index (χ2v) is 5.07. The molecule has 0 aliphatic carbocycles. The molecule has 0 bridgehead atoms. The molecule has 2 saturated heterocycles. The Kier molecular flexibility index (Phi) is 4.42. The van der Waals surface area contributed by atoms with Crippen LogP contribution in [0, 0.1) is 5.92 Å². The molecule has 0 aromatic rings. The van der Waals surface area contributed by atoms with Crippen LogP contribution in [0.1, 0.15) is 25.7 Å². The molecule has 2 fully saturated rings. The maximum absolute atomic E-state index is 5.47. The fourth-order valence-corrected chi connectivity index (χ4v) is 2.75. The Morgan fingerprint density at radius 1 is 1.40 bits per heavy atom. The average Bonchev–Trinajstić information content (AvgIpc) is 2.28. The number of hydrogen-bond acceptors (Lipinski definition) is 3. The first-order chi connectivity index (χ1) is 7.34. The second-order valence-electron chi connectivity index (χ2n) is 5.07. The van der Waals surface area contributed by atoms with E-state index in [0.717, 1.165) is 25.7 Å². The molecular formula is C12H24N2O. The molecule has 3 heteroatoms. The predicted molar refractivity (Wildman–Crippen MR) is 62.1 cm³/mol. The van der Waals surface area contributed by atoms with Gasteiger partial charge in [-0.25, -0.2) is 0 Å². The Labute approximate surface area is 93.2 Å². The van der Waals surface area contributed by atoms with E-state index in [-0.39, 0.29) is 0 Å². The van der Waals surface area contributed by atoms with E-state index in [0.29, 0.717) is 6.04 Å². The molecule has 2 rings (SSSR count). The number of rotatable bonds is 3. The zero-order chi connectivity index (χ0) is 10.5. The normalized spacial score (nSPS) is 34.2. The first-order valence-corrected chi connectivity index (χ1v) is 6.34. The Morgan fingerprint density at radius 2 is 2.33 bits per heavy atom. The standard InChI is InChI=1S/C12H24N2O/c1-14-7-2-3-11(9-14)4-5-12-10-15-8-6-13-12/h11-13H,2-10H2,1H3. The van der Waals surface area contributed by atoms with E-state index in [4.69, 9.17) is 4.74 Å². The minimum atomic E-state index is 0.617. The summed E-state index contributed by atoms with van der Waals surface area (Å²) in [5, 5.41) is 3.53. The van der Waals surface area contributed by atoms with Gasteiger partial charge >= 0.3 is 0 Å². The lowest BCUT2D eigenvalue weighted by molar-refractivity contribution is 0.0700. The number of piperidine rings is 1. The van der Waals surface area contributed by atoms with Gasteiger partial charge in [-0.3, -0.25) is 0 Å². The van der Waals surface area contributed by atoms with Crippen LogP contribution in [-0.4, -0.2) is 50.8 Å². The van der Waals surface area contributed by atoms with E-state index < -0.39 is 0 Å². The van der Waals surface area contributed by atoms with E-state index in [2.05, 4.69) is 17.3 Å². The van der Waals surface area contributed by atoms with Gasteiger partial charge in [-0.2, -0.15) is 0 Å². The molecule has 2 aliphatic heterocycles. The summed E-state index contributed by atoms with van der Waals surface area (Å²) >= 11 is 0. The first kappa shape index (κ1) is 11.4. The largest absolute Gasteiger partial charge is 0.379 e. The number of nitrogens with one attached hydrogen (secondary N) is 1. The summed E-state index contributed by atoms with van der Waals surface area (Å²) in [6, 6.07) is 0.617. The van der Waals surface area contributed by atoms with Gasteiger partial charge in [-0.15, -0.1) is 0 Å².